The summed E-state index contributed by atoms with van der Waals surface area (Å²) in [6.07, 6.45) is 8.80. The van der Waals surface area contributed by atoms with E-state index in [0.29, 0.717) is 5.41 Å². The fourth-order valence-corrected chi connectivity index (χ4v) is 9.26. The van der Waals surface area contributed by atoms with Crippen molar-refractivity contribution in [2.75, 3.05) is 5.32 Å². The van der Waals surface area contributed by atoms with Gasteiger partial charge >= 0.3 is 0 Å². The van der Waals surface area contributed by atoms with E-state index in [1.165, 1.54) is 83.3 Å². The number of fused-ring (bicyclic) bond motifs is 3. The summed E-state index contributed by atoms with van der Waals surface area (Å²) < 4.78 is 0. The maximum atomic E-state index is 3.75. The first-order valence-electron chi connectivity index (χ1n) is 14.7. The quantitative estimate of drug-likeness (QED) is 0.297. The van der Waals surface area contributed by atoms with Crippen molar-refractivity contribution in [2.24, 2.45) is 17.8 Å². The van der Waals surface area contributed by atoms with E-state index in [1.807, 2.05) is 0 Å². The van der Waals surface area contributed by atoms with E-state index in [-0.39, 0.29) is 5.41 Å². The van der Waals surface area contributed by atoms with Crippen LogP contribution in [0.2, 0.25) is 0 Å². The normalized spacial score (nSPS) is 27.7. The first kappa shape index (κ1) is 22.6. The molecule has 0 radical (unpaired) electrons. The second-order valence-corrected chi connectivity index (χ2v) is 13.4. The summed E-state index contributed by atoms with van der Waals surface area (Å²) in [5, 5.41) is 3.75. The topological polar surface area (TPSA) is 12.0 Å². The van der Waals surface area contributed by atoms with Crippen molar-refractivity contribution in [3.8, 4) is 22.3 Å². The fraction of sp³-hybridized carbons (Fsp3) is 0.351. The Bertz CT molecular complexity index is 1490. The van der Waals surface area contributed by atoms with Crippen molar-refractivity contribution in [2.45, 2.75) is 63.2 Å². The summed E-state index contributed by atoms with van der Waals surface area (Å²) in [4.78, 5) is 0. The molecule has 4 fully saturated rings. The zero-order chi connectivity index (χ0) is 25.5. The largest absolute Gasteiger partial charge is 0.356 e. The molecule has 0 spiro atoms. The van der Waals surface area contributed by atoms with Gasteiger partial charge in [-0.2, -0.15) is 0 Å². The lowest BCUT2D eigenvalue weighted by Crippen LogP contribution is -2.48. The van der Waals surface area contributed by atoms with E-state index in [4.69, 9.17) is 0 Å². The molecule has 4 aromatic rings. The molecule has 9 rings (SSSR count). The van der Waals surface area contributed by atoms with Gasteiger partial charge < -0.3 is 5.32 Å². The van der Waals surface area contributed by atoms with Crippen LogP contribution in [0.1, 0.15) is 69.1 Å². The van der Waals surface area contributed by atoms with Gasteiger partial charge in [-0.05, 0) is 125 Å². The van der Waals surface area contributed by atoms with Gasteiger partial charge in [-0.3, -0.25) is 0 Å². The average Bonchev–Trinajstić information content (AvgIpc) is 3.15. The van der Waals surface area contributed by atoms with Crippen LogP contribution in [0.4, 0.5) is 11.4 Å². The minimum Gasteiger partial charge on any atom is -0.356 e. The third kappa shape index (κ3) is 3.37. The molecule has 0 unspecified atom stereocenters. The van der Waals surface area contributed by atoms with Crippen LogP contribution in [0.25, 0.3) is 22.3 Å². The van der Waals surface area contributed by atoms with Crippen LogP contribution >= 0.6 is 0 Å². The van der Waals surface area contributed by atoms with Crippen LogP contribution in [0.3, 0.4) is 0 Å². The summed E-state index contributed by atoms with van der Waals surface area (Å²) in [7, 11) is 0. The molecule has 4 saturated carbocycles. The van der Waals surface area contributed by atoms with Crippen LogP contribution < -0.4 is 5.32 Å². The molecule has 4 bridgehead atoms. The molecule has 38 heavy (non-hydrogen) atoms. The van der Waals surface area contributed by atoms with E-state index < -0.39 is 0 Å². The molecule has 1 N–H and O–H groups in total. The second-order valence-electron chi connectivity index (χ2n) is 13.4. The number of nitrogens with one attached hydrogen (secondary N) is 1. The third-order valence-corrected chi connectivity index (χ3v) is 10.6. The van der Waals surface area contributed by atoms with Crippen molar-refractivity contribution >= 4 is 11.4 Å². The first-order chi connectivity index (χ1) is 18.5. The maximum Gasteiger partial charge on any atom is 0.0387 e. The fourth-order valence-electron chi connectivity index (χ4n) is 9.26. The molecule has 0 amide bonds. The lowest BCUT2D eigenvalue weighted by Gasteiger charge is -2.57. The highest BCUT2D eigenvalue weighted by molar-refractivity contribution is 5.93. The smallest absolute Gasteiger partial charge is 0.0387 e. The van der Waals surface area contributed by atoms with Gasteiger partial charge in [0.05, 0.1) is 0 Å². The number of hydrogen-bond donors (Lipinski definition) is 1. The maximum absolute atomic E-state index is 3.75. The van der Waals surface area contributed by atoms with Crippen molar-refractivity contribution < 1.29 is 0 Å². The van der Waals surface area contributed by atoms with Gasteiger partial charge in [-0.25, -0.2) is 0 Å². The standard InChI is InChI=1S/C37H37N/c1-36(2)33-10-6-9-31(27-7-4-3-5-8-27)35(33)32-16-15-30(20-34(32)36)38-29-13-11-28(12-14-29)37-21-24-17-25(22-37)19-26(18-24)23-37/h3-16,20,24-26,38H,17-19,21-23H2,1-2H3. The predicted octanol–water partition coefficient (Wildman–Crippen LogP) is 9.87. The van der Waals surface area contributed by atoms with E-state index in [9.17, 15) is 0 Å². The highest BCUT2D eigenvalue weighted by Gasteiger charge is 2.51. The summed E-state index contributed by atoms with van der Waals surface area (Å²) in [5.41, 5.74) is 12.6. The van der Waals surface area contributed by atoms with Gasteiger partial charge in [0.15, 0.2) is 0 Å². The monoisotopic (exact) mass is 495 g/mol. The minimum atomic E-state index is -0.0322. The van der Waals surface area contributed by atoms with E-state index in [2.05, 4.69) is 110 Å². The molecule has 0 aliphatic heterocycles. The molecule has 5 aliphatic rings. The molecule has 0 aromatic heterocycles. The summed E-state index contributed by atoms with van der Waals surface area (Å²) in [5.74, 6) is 2.96. The highest BCUT2D eigenvalue weighted by atomic mass is 14.9. The van der Waals surface area contributed by atoms with Gasteiger partial charge in [-0.1, -0.05) is 80.6 Å². The third-order valence-electron chi connectivity index (χ3n) is 10.6. The number of rotatable bonds is 4. The lowest BCUT2D eigenvalue weighted by molar-refractivity contribution is -0.00518. The Kier molecular flexibility index (Phi) is 4.82. The van der Waals surface area contributed by atoms with Gasteiger partial charge in [0.1, 0.15) is 0 Å². The van der Waals surface area contributed by atoms with Crippen molar-refractivity contribution in [3.05, 3.63) is 108 Å². The Hall–Kier alpha value is -3.32. The second kappa shape index (κ2) is 8.09. The Morgan fingerprint density at radius 1 is 0.605 bits per heavy atom. The molecule has 0 saturated heterocycles. The Balaban J connectivity index is 1.10. The molecule has 5 aliphatic carbocycles. The van der Waals surface area contributed by atoms with Gasteiger partial charge in [0.2, 0.25) is 0 Å². The average molecular weight is 496 g/mol. The number of anilines is 2. The summed E-state index contributed by atoms with van der Waals surface area (Å²) in [6.45, 7) is 4.74. The van der Waals surface area contributed by atoms with E-state index >= 15 is 0 Å². The van der Waals surface area contributed by atoms with Gasteiger partial charge in [-0.15, -0.1) is 0 Å². The number of benzene rings is 4. The molecular formula is C37H37N. The summed E-state index contributed by atoms with van der Waals surface area (Å²) >= 11 is 0. The zero-order valence-electron chi connectivity index (χ0n) is 22.6. The molecule has 190 valence electrons. The SMILES string of the molecule is CC1(C)c2cc(Nc3ccc(C45CC6CC(CC(C6)C4)C5)cc3)ccc2-c2c(-c3ccccc3)cccc21. The molecule has 0 heterocycles. The molecule has 4 aromatic carbocycles. The zero-order valence-corrected chi connectivity index (χ0v) is 22.6. The van der Waals surface area contributed by atoms with Gasteiger partial charge in [0.25, 0.3) is 0 Å². The first-order valence-corrected chi connectivity index (χ1v) is 14.7. The molecule has 0 atom stereocenters. The molecule has 1 heteroatoms. The highest BCUT2D eigenvalue weighted by Crippen LogP contribution is 2.61. The molecular weight excluding hydrogens is 458 g/mol. The molecule has 1 nitrogen and oxygen atoms in total. The van der Waals surface area contributed by atoms with Crippen LogP contribution in [0.5, 0.6) is 0 Å². The Morgan fingerprint density at radius 2 is 1.26 bits per heavy atom. The Labute approximate surface area is 227 Å². The summed E-state index contributed by atoms with van der Waals surface area (Å²) in [6, 6.07) is 34.2. The van der Waals surface area contributed by atoms with Crippen LogP contribution in [-0.4, -0.2) is 0 Å². The van der Waals surface area contributed by atoms with E-state index in [0.717, 1.165) is 17.8 Å². The van der Waals surface area contributed by atoms with Crippen LogP contribution in [-0.2, 0) is 10.8 Å². The van der Waals surface area contributed by atoms with Gasteiger partial charge in [0, 0.05) is 16.8 Å². The van der Waals surface area contributed by atoms with Crippen molar-refractivity contribution in [1.82, 2.24) is 0 Å². The van der Waals surface area contributed by atoms with Crippen LogP contribution in [0.15, 0.2) is 91.0 Å². The number of hydrogen-bond acceptors (Lipinski definition) is 1. The lowest BCUT2D eigenvalue weighted by atomic mass is 9.48. The van der Waals surface area contributed by atoms with Crippen molar-refractivity contribution in [1.29, 1.82) is 0 Å². The van der Waals surface area contributed by atoms with E-state index in [1.54, 1.807) is 5.56 Å². The van der Waals surface area contributed by atoms with Crippen molar-refractivity contribution in [3.63, 3.8) is 0 Å². The Morgan fingerprint density at radius 3 is 1.95 bits per heavy atom. The van der Waals surface area contributed by atoms with Crippen LogP contribution in [0, 0.1) is 17.8 Å². The minimum absolute atomic E-state index is 0.0322. The predicted molar refractivity (Wildman–Crippen MR) is 159 cm³/mol.